The van der Waals surface area contributed by atoms with E-state index >= 15 is 0 Å². The molecule has 0 aromatic heterocycles. The molecule has 1 aliphatic rings. The van der Waals surface area contributed by atoms with Gasteiger partial charge < -0.3 is 9.64 Å². The van der Waals surface area contributed by atoms with Crippen LogP contribution in [0.25, 0.3) is 0 Å². The van der Waals surface area contributed by atoms with E-state index in [0.29, 0.717) is 12.5 Å². The molecule has 1 heterocycles. The van der Waals surface area contributed by atoms with Crippen molar-refractivity contribution >= 4 is 5.91 Å². The van der Waals surface area contributed by atoms with Crippen LogP contribution in [0.2, 0.25) is 0 Å². The molecule has 3 nitrogen and oxygen atoms in total. The van der Waals surface area contributed by atoms with Crippen molar-refractivity contribution in [3.63, 3.8) is 0 Å². The summed E-state index contributed by atoms with van der Waals surface area (Å²) in [4.78, 5) is 14.1. The monoisotopic (exact) mass is 265 g/mol. The molecule has 104 valence electrons. The van der Waals surface area contributed by atoms with Crippen LogP contribution in [0.1, 0.15) is 18.4 Å². The molecular weight excluding hydrogens is 245 g/mol. The van der Waals surface area contributed by atoms with Crippen LogP contribution in [0.4, 0.5) is 4.39 Å². The summed E-state index contributed by atoms with van der Waals surface area (Å²) in [5.74, 6) is 0.211. The van der Waals surface area contributed by atoms with Gasteiger partial charge in [-0.05, 0) is 36.5 Å². The first-order valence-corrected chi connectivity index (χ1v) is 6.70. The number of nitrogens with zero attached hydrogens (tertiary/aromatic N) is 1. The van der Waals surface area contributed by atoms with Crippen LogP contribution in [0, 0.1) is 11.7 Å². The van der Waals surface area contributed by atoms with Gasteiger partial charge in [0, 0.05) is 20.2 Å². The number of hydrogen-bond acceptors (Lipinski definition) is 2. The normalized spacial score (nSPS) is 19.5. The number of likely N-dealkylation sites (tertiary alicyclic amines) is 1. The predicted molar refractivity (Wildman–Crippen MR) is 71.3 cm³/mol. The van der Waals surface area contributed by atoms with Crippen LogP contribution in [0.3, 0.4) is 0 Å². The van der Waals surface area contributed by atoms with Gasteiger partial charge in [0.1, 0.15) is 5.82 Å². The summed E-state index contributed by atoms with van der Waals surface area (Å²) in [5, 5.41) is 0. The first kappa shape index (κ1) is 14.0. The molecule has 1 fully saturated rings. The molecule has 1 amide bonds. The molecule has 0 N–H and O–H groups in total. The second-order valence-electron chi connectivity index (χ2n) is 5.11. The Bertz CT molecular complexity index is 434. The summed E-state index contributed by atoms with van der Waals surface area (Å²) in [5.41, 5.74) is 0.735. The van der Waals surface area contributed by atoms with E-state index in [-0.39, 0.29) is 18.1 Å². The van der Waals surface area contributed by atoms with Gasteiger partial charge in [-0.25, -0.2) is 4.39 Å². The van der Waals surface area contributed by atoms with E-state index in [4.69, 9.17) is 4.74 Å². The summed E-state index contributed by atoms with van der Waals surface area (Å²) < 4.78 is 18.2. The number of carbonyl (C=O) groups is 1. The second-order valence-corrected chi connectivity index (χ2v) is 5.11. The molecule has 1 aromatic rings. The lowest BCUT2D eigenvalue weighted by molar-refractivity contribution is -0.132. The van der Waals surface area contributed by atoms with E-state index in [0.717, 1.165) is 31.5 Å². The molecule has 1 saturated heterocycles. The Balaban J connectivity index is 1.92. The van der Waals surface area contributed by atoms with Crippen LogP contribution in [-0.4, -0.2) is 37.6 Å². The lowest BCUT2D eigenvalue weighted by atomic mass is 9.98. The maximum Gasteiger partial charge on any atom is 0.227 e. The molecule has 1 atom stereocenters. The van der Waals surface area contributed by atoms with Crippen molar-refractivity contribution in [3.05, 3.63) is 35.6 Å². The third kappa shape index (κ3) is 4.03. The number of rotatable bonds is 4. The van der Waals surface area contributed by atoms with Crippen molar-refractivity contribution in [1.82, 2.24) is 4.90 Å². The Kier molecular flexibility index (Phi) is 4.91. The number of hydrogen-bond donors (Lipinski definition) is 0. The fourth-order valence-corrected chi connectivity index (χ4v) is 2.60. The highest BCUT2D eigenvalue weighted by Crippen LogP contribution is 2.18. The van der Waals surface area contributed by atoms with E-state index in [1.165, 1.54) is 12.1 Å². The zero-order valence-corrected chi connectivity index (χ0v) is 11.3. The van der Waals surface area contributed by atoms with Crippen molar-refractivity contribution in [2.75, 3.05) is 26.8 Å². The zero-order chi connectivity index (χ0) is 13.7. The van der Waals surface area contributed by atoms with Crippen LogP contribution < -0.4 is 0 Å². The number of carbonyl (C=O) groups excluding carboxylic acids is 1. The predicted octanol–water partition coefficient (Wildman–Crippen LogP) is 2.25. The highest BCUT2D eigenvalue weighted by Gasteiger charge is 2.23. The molecule has 1 aliphatic heterocycles. The standard InChI is InChI=1S/C15H20FNO2/c1-19-11-13-5-3-7-17(10-13)15(18)9-12-4-2-6-14(16)8-12/h2,4,6,8,13H,3,5,7,9-11H2,1H3. The van der Waals surface area contributed by atoms with Crippen LogP contribution in [-0.2, 0) is 16.0 Å². The van der Waals surface area contributed by atoms with Gasteiger partial charge in [0.15, 0.2) is 0 Å². The lowest BCUT2D eigenvalue weighted by Gasteiger charge is -2.32. The molecule has 19 heavy (non-hydrogen) atoms. The van der Waals surface area contributed by atoms with Crippen molar-refractivity contribution < 1.29 is 13.9 Å². The Morgan fingerprint density at radius 3 is 3.11 bits per heavy atom. The quantitative estimate of drug-likeness (QED) is 0.835. The van der Waals surface area contributed by atoms with E-state index in [9.17, 15) is 9.18 Å². The number of amides is 1. The van der Waals surface area contributed by atoms with Crippen LogP contribution >= 0.6 is 0 Å². The molecule has 1 aromatic carbocycles. The largest absolute Gasteiger partial charge is 0.384 e. The van der Waals surface area contributed by atoms with Gasteiger partial charge in [0.05, 0.1) is 13.0 Å². The van der Waals surface area contributed by atoms with Gasteiger partial charge in [-0.15, -0.1) is 0 Å². The number of ether oxygens (including phenoxy) is 1. The fraction of sp³-hybridized carbons (Fsp3) is 0.533. The minimum atomic E-state index is -0.291. The average molecular weight is 265 g/mol. The summed E-state index contributed by atoms with van der Waals surface area (Å²) in [6, 6.07) is 6.25. The van der Waals surface area contributed by atoms with Crippen molar-refractivity contribution in [3.8, 4) is 0 Å². The van der Waals surface area contributed by atoms with E-state index in [1.807, 2.05) is 4.90 Å². The minimum Gasteiger partial charge on any atom is -0.384 e. The van der Waals surface area contributed by atoms with Gasteiger partial charge in [0.2, 0.25) is 5.91 Å². The van der Waals surface area contributed by atoms with E-state index in [2.05, 4.69) is 0 Å². The Labute approximate surface area is 113 Å². The number of methoxy groups -OCH3 is 1. The number of piperidine rings is 1. The van der Waals surface area contributed by atoms with Gasteiger partial charge in [-0.1, -0.05) is 12.1 Å². The smallest absolute Gasteiger partial charge is 0.227 e. The second kappa shape index (κ2) is 6.66. The van der Waals surface area contributed by atoms with Crippen LogP contribution in [0.15, 0.2) is 24.3 Å². The lowest BCUT2D eigenvalue weighted by Crippen LogP contribution is -2.41. The summed E-state index contributed by atoms with van der Waals surface area (Å²) in [6.07, 6.45) is 2.40. The Morgan fingerprint density at radius 2 is 2.37 bits per heavy atom. The van der Waals surface area contributed by atoms with Gasteiger partial charge in [-0.2, -0.15) is 0 Å². The van der Waals surface area contributed by atoms with E-state index < -0.39 is 0 Å². The van der Waals surface area contributed by atoms with Gasteiger partial charge in [-0.3, -0.25) is 4.79 Å². The molecule has 0 radical (unpaired) electrons. The third-order valence-electron chi connectivity index (χ3n) is 3.52. The van der Waals surface area contributed by atoms with Gasteiger partial charge in [0.25, 0.3) is 0 Å². The SMILES string of the molecule is COCC1CCCN(C(=O)Cc2cccc(F)c2)C1. The minimum absolute atomic E-state index is 0.0754. The fourth-order valence-electron chi connectivity index (χ4n) is 2.60. The van der Waals surface area contributed by atoms with Crippen molar-refractivity contribution in [1.29, 1.82) is 0 Å². The summed E-state index contributed by atoms with van der Waals surface area (Å²) in [6.45, 7) is 2.25. The zero-order valence-electron chi connectivity index (χ0n) is 11.3. The Hall–Kier alpha value is -1.42. The number of halogens is 1. The molecule has 0 bridgehead atoms. The Morgan fingerprint density at radius 1 is 1.53 bits per heavy atom. The maximum atomic E-state index is 13.1. The topological polar surface area (TPSA) is 29.5 Å². The summed E-state index contributed by atoms with van der Waals surface area (Å²) >= 11 is 0. The molecule has 4 heteroatoms. The van der Waals surface area contributed by atoms with Crippen LogP contribution in [0.5, 0.6) is 0 Å². The summed E-state index contributed by atoms with van der Waals surface area (Å²) in [7, 11) is 1.69. The molecular formula is C15H20FNO2. The van der Waals surface area contributed by atoms with E-state index in [1.54, 1.807) is 19.2 Å². The molecule has 1 unspecified atom stereocenters. The van der Waals surface area contributed by atoms with Gasteiger partial charge >= 0.3 is 0 Å². The average Bonchev–Trinajstić information content (AvgIpc) is 2.39. The molecule has 2 rings (SSSR count). The maximum absolute atomic E-state index is 13.1. The molecule has 0 saturated carbocycles. The first-order chi connectivity index (χ1) is 9.19. The molecule has 0 spiro atoms. The highest BCUT2D eigenvalue weighted by atomic mass is 19.1. The van der Waals surface area contributed by atoms with Crippen molar-refractivity contribution in [2.45, 2.75) is 19.3 Å². The molecule has 0 aliphatic carbocycles. The highest BCUT2D eigenvalue weighted by molar-refractivity contribution is 5.78. The van der Waals surface area contributed by atoms with Crippen molar-refractivity contribution in [2.24, 2.45) is 5.92 Å². The number of benzene rings is 1. The first-order valence-electron chi connectivity index (χ1n) is 6.70. The third-order valence-corrected chi connectivity index (χ3v) is 3.52.